The molecule has 0 aliphatic carbocycles. The van der Waals surface area contributed by atoms with Crippen LogP contribution in [0.25, 0.3) is 10.2 Å². The van der Waals surface area contributed by atoms with Crippen LogP contribution in [0.5, 0.6) is 0 Å². The minimum atomic E-state index is -0.699. The Morgan fingerprint density at radius 2 is 2.14 bits per heavy atom. The third kappa shape index (κ3) is 4.51. The van der Waals surface area contributed by atoms with E-state index < -0.39 is 6.09 Å². The second-order valence-corrected chi connectivity index (χ2v) is 5.77. The van der Waals surface area contributed by atoms with Crippen LogP contribution in [0.2, 0.25) is 0 Å². The smallest absolute Gasteiger partial charge is 0.414 e. The third-order valence-electron chi connectivity index (χ3n) is 2.77. The highest BCUT2D eigenvalue weighted by molar-refractivity contribution is 7.18. The zero-order valence-electron chi connectivity index (χ0n) is 12.0. The molecule has 0 fully saturated rings. The molecule has 112 valence electrons. The first kappa shape index (κ1) is 15.4. The van der Waals surface area contributed by atoms with Crippen LogP contribution < -0.4 is 10.2 Å². The van der Waals surface area contributed by atoms with Crippen molar-refractivity contribution in [3.8, 4) is 0 Å². The Morgan fingerprint density at radius 1 is 1.38 bits per heavy atom. The highest BCUT2D eigenvalue weighted by atomic mass is 32.1. The Kier molecular flexibility index (Phi) is 5.24. The molecular weight excluding hydrogens is 290 g/mol. The molecule has 1 atom stereocenters. The van der Waals surface area contributed by atoms with E-state index in [9.17, 15) is 9.59 Å². The van der Waals surface area contributed by atoms with E-state index in [2.05, 4.69) is 15.0 Å². The van der Waals surface area contributed by atoms with E-state index in [1.54, 1.807) is 18.3 Å². The average Bonchev–Trinajstić information content (AvgIpc) is 2.80. The maximum absolute atomic E-state index is 11.7. The van der Waals surface area contributed by atoms with Crippen molar-refractivity contribution in [1.29, 1.82) is 0 Å². The Balaban J connectivity index is 1.87. The molecule has 0 saturated carbocycles. The largest absolute Gasteiger partial charge is 0.450 e. The first-order valence-corrected chi connectivity index (χ1v) is 7.52. The van der Waals surface area contributed by atoms with Gasteiger partial charge in [0.2, 0.25) is 0 Å². The number of ether oxygens (including phenoxy) is 1. The second kappa shape index (κ2) is 7.14. The highest BCUT2D eigenvalue weighted by Crippen LogP contribution is 2.20. The number of para-hydroxylation sites is 1. The second-order valence-electron chi connectivity index (χ2n) is 4.65. The van der Waals surface area contributed by atoms with E-state index in [-0.39, 0.29) is 19.1 Å². The minimum absolute atomic E-state index is 0.189. The van der Waals surface area contributed by atoms with Crippen LogP contribution in [0, 0.1) is 0 Å². The SMILES string of the molecule is CCOC(=O)NC(=O)C[NH+](C)Cc1nc2ccccc2s1. The summed E-state index contributed by atoms with van der Waals surface area (Å²) in [5.74, 6) is -0.355. The number of nitrogens with one attached hydrogen (secondary N) is 2. The van der Waals surface area contributed by atoms with E-state index in [0.717, 1.165) is 20.1 Å². The van der Waals surface area contributed by atoms with Crippen LogP contribution in [0.15, 0.2) is 24.3 Å². The first-order valence-electron chi connectivity index (χ1n) is 6.71. The molecule has 2 rings (SSSR count). The molecule has 1 heterocycles. The number of nitrogens with zero attached hydrogens (tertiary/aromatic N) is 1. The number of imide groups is 1. The van der Waals surface area contributed by atoms with Gasteiger partial charge in [-0.15, -0.1) is 11.3 Å². The number of thiazole rings is 1. The fourth-order valence-corrected chi connectivity index (χ4v) is 3.00. The minimum Gasteiger partial charge on any atom is -0.450 e. The number of quaternary nitrogens is 1. The fraction of sp³-hybridized carbons (Fsp3) is 0.357. The maximum Gasteiger partial charge on any atom is 0.414 e. The van der Waals surface area contributed by atoms with Gasteiger partial charge in [0.25, 0.3) is 5.91 Å². The van der Waals surface area contributed by atoms with Crippen molar-refractivity contribution in [3.05, 3.63) is 29.3 Å². The number of rotatable bonds is 5. The first-order chi connectivity index (χ1) is 10.1. The molecule has 1 unspecified atom stereocenters. The van der Waals surface area contributed by atoms with Gasteiger partial charge in [-0.3, -0.25) is 10.1 Å². The lowest BCUT2D eigenvalue weighted by molar-refractivity contribution is -0.885. The number of benzene rings is 1. The number of hydrogen-bond donors (Lipinski definition) is 2. The summed E-state index contributed by atoms with van der Waals surface area (Å²) in [6.45, 7) is 2.76. The Morgan fingerprint density at radius 3 is 2.86 bits per heavy atom. The monoisotopic (exact) mass is 308 g/mol. The van der Waals surface area contributed by atoms with E-state index in [0.29, 0.717) is 6.54 Å². The normalized spacial score (nSPS) is 12.1. The number of aromatic nitrogens is 1. The average molecular weight is 308 g/mol. The Bertz CT molecular complexity index is 608. The predicted molar refractivity (Wildman–Crippen MR) is 80.2 cm³/mol. The Hall–Kier alpha value is -1.99. The summed E-state index contributed by atoms with van der Waals surface area (Å²) in [6.07, 6.45) is -0.699. The highest BCUT2D eigenvalue weighted by Gasteiger charge is 2.15. The van der Waals surface area contributed by atoms with Gasteiger partial charge in [0, 0.05) is 0 Å². The van der Waals surface area contributed by atoms with Crippen molar-refractivity contribution in [3.63, 3.8) is 0 Å². The van der Waals surface area contributed by atoms with E-state index in [1.165, 1.54) is 0 Å². The number of amides is 2. The van der Waals surface area contributed by atoms with Gasteiger partial charge in [-0.2, -0.15) is 0 Å². The van der Waals surface area contributed by atoms with Crippen molar-refractivity contribution >= 4 is 33.6 Å². The van der Waals surface area contributed by atoms with Gasteiger partial charge < -0.3 is 9.64 Å². The predicted octanol–water partition coefficient (Wildman–Crippen LogP) is 0.584. The summed E-state index contributed by atoms with van der Waals surface area (Å²) in [4.78, 5) is 28.3. The lowest BCUT2D eigenvalue weighted by Crippen LogP contribution is -3.08. The molecule has 1 aromatic carbocycles. The third-order valence-corrected chi connectivity index (χ3v) is 3.81. The van der Waals surface area contributed by atoms with Gasteiger partial charge in [0.15, 0.2) is 6.54 Å². The molecular formula is C14H18N3O3S+. The van der Waals surface area contributed by atoms with Crippen LogP contribution in [-0.4, -0.2) is 37.2 Å². The zero-order valence-corrected chi connectivity index (χ0v) is 12.8. The molecule has 7 heteroatoms. The standard InChI is InChI=1S/C14H17N3O3S/c1-3-20-14(19)16-12(18)8-17(2)9-13-15-10-6-4-5-7-11(10)21-13/h4-7H,3,8-9H2,1-2H3,(H,16,18,19)/p+1. The van der Waals surface area contributed by atoms with Crippen molar-refractivity contribution < 1.29 is 19.2 Å². The van der Waals surface area contributed by atoms with Gasteiger partial charge in [-0.05, 0) is 19.1 Å². The molecule has 6 nitrogen and oxygen atoms in total. The molecule has 0 radical (unpaired) electrons. The molecule has 0 aliphatic rings. The summed E-state index contributed by atoms with van der Waals surface area (Å²) >= 11 is 1.62. The lowest BCUT2D eigenvalue weighted by Gasteiger charge is -2.11. The summed E-state index contributed by atoms with van der Waals surface area (Å²) in [6, 6.07) is 7.93. The Labute approximate surface area is 126 Å². The molecule has 0 saturated heterocycles. The zero-order chi connectivity index (χ0) is 15.2. The number of carbonyl (C=O) groups is 2. The van der Waals surface area contributed by atoms with Crippen molar-refractivity contribution in [2.24, 2.45) is 0 Å². The van der Waals surface area contributed by atoms with Crippen molar-refractivity contribution in [1.82, 2.24) is 10.3 Å². The van der Waals surface area contributed by atoms with Gasteiger partial charge in [-0.25, -0.2) is 9.78 Å². The summed E-state index contributed by atoms with van der Waals surface area (Å²) < 4.78 is 5.80. The summed E-state index contributed by atoms with van der Waals surface area (Å²) in [5, 5.41) is 3.16. The van der Waals surface area contributed by atoms with E-state index >= 15 is 0 Å². The van der Waals surface area contributed by atoms with Crippen LogP contribution in [-0.2, 0) is 16.1 Å². The quantitative estimate of drug-likeness (QED) is 0.848. The number of fused-ring (bicyclic) bond motifs is 1. The van der Waals surface area contributed by atoms with Crippen molar-refractivity contribution in [2.75, 3.05) is 20.2 Å². The number of hydrogen-bond acceptors (Lipinski definition) is 5. The summed E-state index contributed by atoms with van der Waals surface area (Å²) in [7, 11) is 1.89. The van der Waals surface area contributed by atoms with Crippen LogP contribution >= 0.6 is 11.3 Å². The van der Waals surface area contributed by atoms with E-state index in [4.69, 9.17) is 0 Å². The molecule has 0 spiro atoms. The van der Waals surface area contributed by atoms with Gasteiger partial charge >= 0.3 is 6.09 Å². The number of carbonyl (C=O) groups excluding carboxylic acids is 2. The number of alkyl carbamates (subject to hydrolysis) is 1. The molecule has 2 amide bonds. The maximum atomic E-state index is 11.7. The fourth-order valence-electron chi connectivity index (χ4n) is 1.92. The number of likely N-dealkylation sites (N-methyl/N-ethyl adjacent to an activating group) is 1. The van der Waals surface area contributed by atoms with Crippen LogP contribution in [0.3, 0.4) is 0 Å². The lowest BCUT2D eigenvalue weighted by atomic mass is 10.3. The van der Waals surface area contributed by atoms with Crippen molar-refractivity contribution in [2.45, 2.75) is 13.5 Å². The molecule has 2 aromatic rings. The van der Waals surface area contributed by atoms with Crippen LogP contribution in [0.1, 0.15) is 11.9 Å². The van der Waals surface area contributed by atoms with Gasteiger partial charge in [-0.1, -0.05) is 12.1 Å². The van der Waals surface area contributed by atoms with Gasteiger partial charge in [0.05, 0.1) is 23.9 Å². The van der Waals surface area contributed by atoms with E-state index in [1.807, 2.05) is 31.3 Å². The summed E-state index contributed by atoms with van der Waals surface area (Å²) in [5.41, 5.74) is 0.973. The molecule has 0 bridgehead atoms. The molecule has 21 heavy (non-hydrogen) atoms. The molecule has 1 aromatic heterocycles. The molecule has 0 aliphatic heterocycles. The van der Waals surface area contributed by atoms with Crippen LogP contribution in [0.4, 0.5) is 4.79 Å². The topological polar surface area (TPSA) is 72.7 Å². The molecule has 2 N–H and O–H groups in total. The van der Waals surface area contributed by atoms with Gasteiger partial charge in [0.1, 0.15) is 11.6 Å².